The molecule has 1 amide bonds. The molecule has 1 fully saturated rings. The van der Waals surface area contributed by atoms with Crippen LogP contribution in [0.4, 0.5) is 10.1 Å². The van der Waals surface area contributed by atoms with E-state index in [1.807, 2.05) is 0 Å². The van der Waals surface area contributed by atoms with Gasteiger partial charge in [0.25, 0.3) is 0 Å². The number of halogens is 1. The van der Waals surface area contributed by atoms with Gasteiger partial charge in [0.15, 0.2) is 0 Å². The van der Waals surface area contributed by atoms with Crippen molar-refractivity contribution in [1.82, 2.24) is 4.90 Å². The van der Waals surface area contributed by atoms with Crippen LogP contribution in [0.3, 0.4) is 0 Å². The van der Waals surface area contributed by atoms with Crippen LogP contribution in [0.5, 0.6) is 11.5 Å². The molecule has 0 bridgehead atoms. The number of ether oxygens (including phenoxy) is 2. The third-order valence-electron chi connectivity index (χ3n) is 4.86. The Morgan fingerprint density at radius 1 is 1.19 bits per heavy atom. The summed E-state index contributed by atoms with van der Waals surface area (Å²) in [6.45, 7) is 2.33. The molecule has 5 nitrogen and oxygen atoms in total. The van der Waals surface area contributed by atoms with Crippen molar-refractivity contribution < 1.29 is 18.7 Å². The predicted molar refractivity (Wildman–Crippen MR) is 103 cm³/mol. The minimum atomic E-state index is -0.234. The van der Waals surface area contributed by atoms with E-state index in [1.54, 1.807) is 44.6 Å². The zero-order valence-corrected chi connectivity index (χ0v) is 15.7. The summed E-state index contributed by atoms with van der Waals surface area (Å²) < 4.78 is 23.6. The van der Waals surface area contributed by atoms with Gasteiger partial charge >= 0.3 is 0 Å². The predicted octanol–water partition coefficient (Wildman–Crippen LogP) is 3.69. The molecule has 1 N–H and O–H groups in total. The fraction of sp³-hybridized carbons (Fsp3) is 0.381. The van der Waals surface area contributed by atoms with E-state index < -0.39 is 0 Å². The first kappa shape index (κ1) is 19.2. The van der Waals surface area contributed by atoms with Crippen LogP contribution in [0, 0.1) is 11.7 Å². The lowest BCUT2D eigenvalue weighted by Gasteiger charge is -2.32. The average molecular weight is 372 g/mol. The second kappa shape index (κ2) is 8.86. The standard InChI is InChI=1S/C21H25FN2O3/c1-26-18-9-10-20(27-2)19(12-18)23-21(25)16-4-3-11-24(14-16)13-15-5-7-17(22)8-6-15/h5-10,12,16H,3-4,11,13-14H2,1-2H3,(H,23,25)/t16-/m0/s1. The number of likely N-dealkylation sites (tertiary alicyclic amines) is 1. The Kier molecular flexibility index (Phi) is 6.29. The minimum absolute atomic E-state index is 0.0228. The van der Waals surface area contributed by atoms with Crippen LogP contribution in [-0.2, 0) is 11.3 Å². The molecule has 0 saturated carbocycles. The molecule has 1 saturated heterocycles. The van der Waals surface area contributed by atoms with Gasteiger partial charge in [0.05, 0.1) is 25.8 Å². The number of benzene rings is 2. The molecule has 144 valence electrons. The van der Waals surface area contributed by atoms with Crippen molar-refractivity contribution in [3.8, 4) is 11.5 Å². The highest BCUT2D eigenvalue weighted by Gasteiger charge is 2.26. The number of piperidine rings is 1. The molecule has 6 heteroatoms. The number of carbonyl (C=O) groups is 1. The largest absolute Gasteiger partial charge is 0.497 e. The Labute approximate surface area is 159 Å². The molecule has 1 aliphatic heterocycles. The smallest absolute Gasteiger partial charge is 0.228 e. The van der Waals surface area contributed by atoms with Crippen LogP contribution < -0.4 is 14.8 Å². The monoisotopic (exact) mass is 372 g/mol. The van der Waals surface area contributed by atoms with Gasteiger partial charge in [-0.25, -0.2) is 4.39 Å². The molecule has 1 heterocycles. The van der Waals surface area contributed by atoms with Gasteiger partial charge in [-0.2, -0.15) is 0 Å². The second-order valence-corrected chi connectivity index (χ2v) is 6.76. The Hall–Kier alpha value is -2.60. The lowest BCUT2D eigenvalue weighted by Crippen LogP contribution is -2.40. The van der Waals surface area contributed by atoms with Crippen LogP contribution in [-0.4, -0.2) is 38.1 Å². The Balaban J connectivity index is 1.63. The van der Waals surface area contributed by atoms with E-state index in [0.717, 1.165) is 24.9 Å². The lowest BCUT2D eigenvalue weighted by atomic mass is 9.96. The topological polar surface area (TPSA) is 50.8 Å². The van der Waals surface area contributed by atoms with Gasteiger partial charge in [-0.15, -0.1) is 0 Å². The van der Waals surface area contributed by atoms with Gasteiger partial charge in [0, 0.05) is 19.2 Å². The molecule has 1 atom stereocenters. The molecule has 0 unspecified atom stereocenters. The van der Waals surface area contributed by atoms with E-state index in [4.69, 9.17) is 9.47 Å². The first-order valence-electron chi connectivity index (χ1n) is 9.08. The van der Waals surface area contributed by atoms with Crippen LogP contribution in [0.25, 0.3) is 0 Å². The highest BCUT2D eigenvalue weighted by Crippen LogP contribution is 2.30. The van der Waals surface area contributed by atoms with Crippen molar-refractivity contribution in [2.45, 2.75) is 19.4 Å². The normalized spacial score (nSPS) is 17.4. The van der Waals surface area contributed by atoms with E-state index in [0.29, 0.717) is 30.3 Å². The van der Waals surface area contributed by atoms with Crippen molar-refractivity contribution in [1.29, 1.82) is 0 Å². The number of anilines is 1. The molecule has 2 aromatic carbocycles. The second-order valence-electron chi connectivity index (χ2n) is 6.76. The number of carbonyl (C=O) groups excluding carboxylic acids is 1. The van der Waals surface area contributed by atoms with Crippen molar-refractivity contribution >= 4 is 11.6 Å². The maximum Gasteiger partial charge on any atom is 0.228 e. The molecule has 0 spiro atoms. The summed E-state index contributed by atoms with van der Waals surface area (Å²) in [6.07, 6.45) is 1.80. The number of rotatable bonds is 6. The quantitative estimate of drug-likeness (QED) is 0.840. The molecule has 0 radical (unpaired) electrons. The SMILES string of the molecule is COc1ccc(OC)c(NC(=O)[C@H]2CCCN(Cc3ccc(F)cc3)C2)c1. The number of hydrogen-bond donors (Lipinski definition) is 1. The van der Waals surface area contributed by atoms with Crippen LogP contribution in [0.15, 0.2) is 42.5 Å². The number of methoxy groups -OCH3 is 2. The van der Waals surface area contributed by atoms with Crippen LogP contribution in [0.1, 0.15) is 18.4 Å². The Morgan fingerprint density at radius 2 is 1.96 bits per heavy atom. The van der Waals surface area contributed by atoms with Crippen molar-refractivity contribution in [2.24, 2.45) is 5.92 Å². The first-order chi connectivity index (χ1) is 13.1. The van der Waals surface area contributed by atoms with Crippen LogP contribution >= 0.6 is 0 Å². The summed E-state index contributed by atoms with van der Waals surface area (Å²) >= 11 is 0. The number of nitrogens with one attached hydrogen (secondary N) is 1. The molecule has 1 aliphatic rings. The highest BCUT2D eigenvalue weighted by atomic mass is 19.1. The van der Waals surface area contributed by atoms with Gasteiger partial charge < -0.3 is 14.8 Å². The zero-order chi connectivity index (χ0) is 19.2. The van der Waals surface area contributed by atoms with Crippen molar-refractivity contribution in [3.05, 3.63) is 53.8 Å². The van der Waals surface area contributed by atoms with Gasteiger partial charge in [-0.05, 0) is 49.2 Å². The molecule has 2 aromatic rings. The summed E-state index contributed by atoms with van der Waals surface area (Å²) in [5.41, 5.74) is 1.66. The fourth-order valence-electron chi connectivity index (χ4n) is 3.41. The van der Waals surface area contributed by atoms with E-state index in [-0.39, 0.29) is 17.6 Å². The summed E-state index contributed by atoms with van der Waals surface area (Å²) in [5, 5.41) is 2.98. The van der Waals surface area contributed by atoms with E-state index >= 15 is 0 Å². The lowest BCUT2D eigenvalue weighted by molar-refractivity contribution is -0.121. The highest BCUT2D eigenvalue weighted by molar-refractivity contribution is 5.94. The minimum Gasteiger partial charge on any atom is -0.497 e. The summed E-state index contributed by atoms with van der Waals surface area (Å²) in [7, 11) is 3.16. The number of nitrogens with zero attached hydrogens (tertiary/aromatic N) is 1. The third kappa shape index (κ3) is 4.98. The maximum absolute atomic E-state index is 13.1. The number of hydrogen-bond acceptors (Lipinski definition) is 4. The molecule has 3 rings (SSSR count). The van der Waals surface area contributed by atoms with E-state index in [2.05, 4.69) is 10.2 Å². The van der Waals surface area contributed by atoms with E-state index in [9.17, 15) is 9.18 Å². The summed E-state index contributed by atoms with van der Waals surface area (Å²) in [5.74, 6) is 0.901. The van der Waals surface area contributed by atoms with Crippen molar-refractivity contribution in [3.63, 3.8) is 0 Å². The van der Waals surface area contributed by atoms with Gasteiger partial charge in [-0.3, -0.25) is 9.69 Å². The zero-order valence-electron chi connectivity index (χ0n) is 15.7. The molecule has 27 heavy (non-hydrogen) atoms. The Bertz CT molecular complexity index is 779. The maximum atomic E-state index is 13.1. The van der Waals surface area contributed by atoms with Gasteiger partial charge in [-0.1, -0.05) is 12.1 Å². The summed E-state index contributed by atoms with van der Waals surface area (Å²) in [6, 6.07) is 11.9. The molecular weight excluding hydrogens is 347 g/mol. The number of amides is 1. The first-order valence-corrected chi connectivity index (χ1v) is 9.08. The van der Waals surface area contributed by atoms with Gasteiger partial charge in [0.2, 0.25) is 5.91 Å². The fourth-order valence-corrected chi connectivity index (χ4v) is 3.41. The molecular formula is C21H25FN2O3. The van der Waals surface area contributed by atoms with E-state index in [1.165, 1.54) is 12.1 Å². The Morgan fingerprint density at radius 3 is 2.67 bits per heavy atom. The third-order valence-corrected chi connectivity index (χ3v) is 4.86. The molecule has 0 aliphatic carbocycles. The van der Waals surface area contributed by atoms with Gasteiger partial charge in [0.1, 0.15) is 17.3 Å². The van der Waals surface area contributed by atoms with Crippen molar-refractivity contribution in [2.75, 3.05) is 32.6 Å². The summed E-state index contributed by atoms with van der Waals surface area (Å²) in [4.78, 5) is 15.0. The molecule has 0 aromatic heterocycles. The van der Waals surface area contributed by atoms with Crippen LogP contribution in [0.2, 0.25) is 0 Å². The average Bonchev–Trinajstić information content (AvgIpc) is 2.70.